The summed E-state index contributed by atoms with van der Waals surface area (Å²) in [6, 6.07) is 2.74. The van der Waals surface area contributed by atoms with Gasteiger partial charge in [-0.25, -0.2) is 8.42 Å². The van der Waals surface area contributed by atoms with Gasteiger partial charge in [0, 0.05) is 0 Å². The van der Waals surface area contributed by atoms with Crippen molar-refractivity contribution < 1.29 is 36.1 Å². The van der Waals surface area contributed by atoms with Gasteiger partial charge >= 0.3 is 6.18 Å². The van der Waals surface area contributed by atoms with Crippen molar-refractivity contribution in [2.75, 3.05) is 13.7 Å². The van der Waals surface area contributed by atoms with E-state index in [0.717, 1.165) is 18.2 Å². The van der Waals surface area contributed by atoms with E-state index in [1.165, 1.54) is 12.0 Å². The van der Waals surface area contributed by atoms with Crippen molar-refractivity contribution in [3.63, 3.8) is 0 Å². The molecule has 0 fully saturated rings. The summed E-state index contributed by atoms with van der Waals surface area (Å²) in [6.07, 6.45) is -4.76. The van der Waals surface area contributed by atoms with Crippen molar-refractivity contribution in [3.05, 3.63) is 28.3 Å². The average molecular weight is 330 g/mol. The summed E-state index contributed by atoms with van der Waals surface area (Å²) in [7, 11) is -3.45. The number of nitro benzene ring substituents is 1. The van der Waals surface area contributed by atoms with Crippen LogP contribution in [0.15, 0.2) is 23.1 Å². The maximum absolute atomic E-state index is 11.9. The van der Waals surface area contributed by atoms with E-state index >= 15 is 0 Å². The molecule has 8 nitrogen and oxygen atoms in total. The van der Waals surface area contributed by atoms with Crippen molar-refractivity contribution >= 4 is 15.7 Å². The van der Waals surface area contributed by atoms with Gasteiger partial charge in [0.05, 0.1) is 18.1 Å². The lowest BCUT2D eigenvalue weighted by Crippen LogP contribution is -2.30. The maximum atomic E-state index is 11.9. The minimum absolute atomic E-state index is 0.0110. The third-order valence-corrected chi connectivity index (χ3v) is 3.32. The summed E-state index contributed by atoms with van der Waals surface area (Å²) < 4.78 is 63.7. The number of hydrogen-bond acceptors (Lipinski definition) is 6. The molecule has 0 heterocycles. The van der Waals surface area contributed by atoms with Crippen molar-refractivity contribution in [1.29, 1.82) is 0 Å². The Labute approximate surface area is 116 Å². The number of hydrogen-bond donors (Lipinski definition) is 1. The number of nitrogens with one attached hydrogen (secondary N) is 1. The monoisotopic (exact) mass is 330 g/mol. The van der Waals surface area contributed by atoms with Gasteiger partial charge in [-0.1, -0.05) is 4.89 Å². The Balaban J connectivity index is 3.05. The molecule has 0 aliphatic rings. The Morgan fingerprint density at radius 3 is 2.48 bits per heavy atom. The molecule has 118 valence electrons. The lowest BCUT2D eigenvalue weighted by molar-refractivity contribution is -0.387. The molecular formula is C9H9F3N2O6S. The van der Waals surface area contributed by atoms with Gasteiger partial charge in [-0.2, -0.15) is 13.2 Å². The topological polar surface area (TPSA) is 108 Å². The smallest absolute Gasteiger partial charge is 0.413 e. The van der Waals surface area contributed by atoms with Crippen molar-refractivity contribution in [1.82, 2.24) is 4.89 Å². The Kier molecular flexibility index (Phi) is 5.09. The molecule has 0 unspecified atom stereocenters. The lowest BCUT2D eigenvalue weighted by Gasteiger charge is -2.10. The van der Waals surface area contributed by atoms with Crippen LogP contribution in [0.1, 0.15) is 0 Å². The predicted octanol–water partition coefficient (Wildman–Crippen LogP) is 1.38. The normalized spacial score (nSPS) is 12.2. The number of rotatable bonds is 6. The first-order valence-corrected chi connectivity index (χ1v) is 6.58. The predicted molar refractivity (Wildman–Crippen MR) is 62.0 cm³/mol. The zero-order valence-electron chi connectivity index (χ0n) is 10.4. The molecule has 0 aliphatic carbocycles. The summed E-state index contributed by atoms with van der Waals surface area (Å²) in [5.41, 5.74) is -0.863. The Bertz CT molecular complexity index is 631. The zero-order chi connectivity index (χ0) is 16.3. The number of ether oxygens (including phenoxy) is 1. The molecule has 1 rings (SSSR count). The molecule has 0 aromatic heterocycles. The minimum atomic E-state index is -4.76. The van der Waals surface area contributed by atoms with Crippen LogP contribution in [0.4, 0.5) is 18.9 Å². The van der Waals surface area contributed by atoms with Gasteiger partial charge in [0.15, 0.2) is 11.5 Å². The Hall–Kier alpha value is -1.92. The summed E-state index contributed by atoms with van der Waals surface area (Å²) >= 11 is 0. The van der Waals surface area contributed by atoms with Crippen LogP contribution in [-0.4, -0.2) is 33.2 Å². The molecule has 0 spiro atoms. The number of sulfonamides is 1. The van der Waals surface area contributed by atoms with Gasteiger partial charge in [0.2, 0.25) is 0 Å². The van der Waals surface area contributed by atoms with E-state index in [4.69, 9.17) is 4.74 Å². The fraction of sp³-hybridized carbons (Fsp3) is 0.333. The molecule has 0 atom stereocenters. The van der Waals surface area contributed by atoms with Gasteiger partial charge in [0.1, 0.15) is 5.75 Å². The molecule has 0 bridgehead atoms. The number of halogens is 3. The molecule has 0 amide bonds. The number of benzene rings is 1. The Morgan fingerprint density at radius 1 is 1.38 bits per heavy atom. The highest BCUT2D eigenvalue weighted by Gasteiger charge is 2.31. The van der Waals surface area contributed by atoms with E-state index in [2.05, 4.69) is 4.84 Å². The van der Waals surface area contributed by atoms with Crippen LogP contribution >= 0.6 is 0 Å². The third-order valence-electron chi connectivity index (χ3n) is 2.06. The fourth-order valence-electron chi connectivity index (χ4n) is 1.23. The summed E-state index contributed by atoms with van der Waals surface area (Å²) in [5, 5.41) is 10.8. The second-order valence-electron chi connectivity index (χ2n) is 3.58. The molecule has 21 heavy (non-hydrogen) atoms. The first kappa shape index (κ1) is 17.1. The SMILES string of the molecule is COc1ccc(S(=O)(=O)NOCC(F)(F)F)c([N+](=O)[O-])c1. The highest BCUT2D eigenvalue weighted by atomic mass is 32.2. The van der Waals surface area contributed by atoms with Gasteiger partial charge in [-0.15, -0.1) is 0 Å². The highest BCUT2D eigenvalue weighted by molar-refractivity contribution is 7.89. The van der Waals surface area contributed by atoms with Gasteiger partial charge in [0.25, 0.3) is 15.7 Å². The van der Waals surface area contributed by atoms with E-state index in [-0.39, 0.29) is 5.75 Å². The number of methoxy groups -OCH3 is 1. The fourth-order valence-corrected chi connectivity index (χ4v) is 2.19. The summed E-state index contributed by atoms with van der Waals surface area (Å²) in [6.45, 7) is -1.88. The first-order chi connectivity index (χ1) is 9.57. The lowest BCUT2D eigenvalue weighted by atomic mass is 10.3. The molecule has 0 saturated heterocycles. The average Bonchev–Trinajstić information content (AvgIpc) is 2.36. The number of nitrogens with zero attached hydrogens (tertiary/aromatic N) is 1. The van der Waals surface area contributed by atoms with E-state index in [9.17, 15) is 31.7 Å². The van der Waals surface area contributed by atoms with Gasteiger partial charge < -0.3 is 4.74 Å². The van der Waals surface area contributed by atoms with Crippen LogP contribution in [0, 0.1) is 10.1 Å². The molecule has 0 radical (unpaired) electrons. The molecular weight excluding hydrogens is 321 g/mol. The van der Waals surface area contributed by atoms with E-state index < -0.39 is 38.3 Å². The summed E-state index contributed by atoms with van der Waals surface area (Å²) in [4.78, 5) is 13.9. The van der Waals surface area contributed by atoms with Crippen LogP contribution in [-0.2, 0) is 14.9 Å². The number of alkyl halides is 3. The standard InChI is InChI=1S/C9H9F3N2O6S/c1-19-6-2-3-8(7(4-6)14(15)16)21(17,18)13-20-5-9(10,11)12/h2-4,13H,5H2,1H3. The Morgan fingerprint density at radius 2 is 2.00 bits per heavy atom. The largest absolute Gasteiger partial charge is 0.497 e. The quantitative estimate of drug-likeness (QED) is 0.623. The van der Waals surface area contributed by atoms with Crippen LogP contribution in [0.5, 0.6) is 5.75 Å². The highest BCUT2D eigenvalue weighted by Crippen LogP contribution is 2.28. The molecule has 1 N–H and O–H groups in total. The van der Waals surface area contributed by atoms with Crippen LogP contribution in [0.2, 0.25) is 0 Å². The molecule has 0 saturated carbocycles. The molecule has 12 heteroatoms. The van der Waals surface area contributed by atoms with Crippen LogP contribution in [0.3, 0.4) is 0 Å². The molecule has 0 aliphatic heterocycles. The first-order valence-electron chi connectivity index (χ1n) is 5.09. The van der Waals surface area contributed by atoms with Crippen molar-refractivity contribution in [3.8, 4) is 5.75 Å². The molecule has 1 aromatic rings. The van der Waals surface area contributed by atoms with Crippen molar-refractivity contribution in [2.45, 2.75) is 11.1 Å². The second kappa shape index (κ2) is 6.24. The van der Waals surface area contributed by atoms with Gasteiger partial charge in [-0.05, 0) is 12.1 Å². The third kappa shape index (κ3) is 4.84. The second-order valence-corrected chi connectivity index (χ2v) is 5.19. The molecule has 1 aromatic carbocycles. The van der Waals surface area contributed by atoms with Gasteiger partial charge in [-0.3, -0.25) is 15.0 Å². The van der Waals surface area contributed by atoms with Crippen LogP contribution in [0.25, 0.3) is 0 Å². The van der Waals surface area contributed by atoms with Crippen LogP contribution < -0.4 is 9.62 Å². The van der Waals surface area contributed by atoms with E-state index in [1.807, 2.05) is 0 Å². The maximum Gasteiger partial charge on any atom is 0.413 e. The summed E-state index contributed by atoms with van der Waals surface area (Å²) in [5.74, 6) is 0.0110. The van der Waals surface area contributed by atoms with E-state index in [1.54, 1.807) is 0 Å². The van der Waals surface area contributed by atoms with E-state index in [0.29, 0.717) is 0 Å². The van der Waals surface area contributed by atoms with Crippen molar-refractivity contribution in [2.24, 2.45) is 0 Å². The number of nitro groups is 1. The minimum Gasteiger partial charge on any atom is -0.497 e. The zero-order valence-corrected chi connectivity index (χ0v) is 11.2.